The number of nitriles is 1. The smallest absolute Gasteiger partial charge is 0.356 e. The molecule has 1 amide bonds. The average Bonchev–Trinajstić information content (AvgIpc) is 3.50. The molecule has 189 valence electrons. The zero-order chi connectivity index (χ0) is 26.2. The number of carbonyl (C=O) groups is 1. The molecule has 1 aliphatic heterocycles. The maximum absolute atomic E-state index is 15.4. The van der Waals surface area contributed by atoms with Crippen LogP contribution >= 0.6 is 11.3 Å². The van der Waals surface area contributed by atoms with Crippen LogP contribution in [0.3, 0.4) is 0 Å². The number of carbonyl (C=O) groups excluding carboxylic acids is 1. The van der Waals surface area contributed by atoms with Gasteiger partial charge in [-0.2, -0.15) is 23.5 Å². The van der Waals surface area contributed by atoms with Gasteiger partial charge in [0.05, 0.1) is 0 Å². The summed E-state index contributed by atoms with van der Waals surface area (Å²) in [6, 6.07) is 7.96. The topological polar surface area (TPSA) is 65.2 Å². The first kappa shape index (κ1) is 26.1. The van der Waals surface area contributed by atoms with E-state index in [1.54, 1.807) is 23.6 Å². The highest BCUT2D eigenvalue weighted by Gasteiger charge is 2.43. The van der Waals surface area contributed by atoms with Crippen molar-refractivity contribution in [2.75, 3.05) is 20.6 Å². The van der Waals surface area contributed by atoms with Crippen LogP contribution in [0.25, 0.3) is 11.1 Å². The zero-order valence-electron chi connectivity index (χ0n) is 20.0. The van der Waals surface area contributed by atoms with Gasteiger partial charge in [0.15, 0.2) is 5.69 Å². The lowest BCUT2D eigenvalue weighted by molar-refractivity contribution is -0.141. The van der Waals surface area contributed by atoms with E-state index in [2.05, 4.69) is 11.2 Å². The van der Waals surface area contributed by atoms with E-state index >= 15 is 4.39 Å². The number of fused-ring (bicyclic) bond motifs is 1. The maximum Gasteiger partial charge on any atom is 0.435 e. The summed E-state index contributed by atoms with van der Waals surface area (Å²) in [6.45, 7) is 2.80. The SMILES string of the molecule is CCn1cc(-c2c(F)cccc2[Si]2c3cc(C#N)sc3CN2C(=O)CCCN(C)C)c(C(F)(F)F)n1. The lowest BCUT2D eigenvalue weighted by atomic mass is 10.1. The number of aromatic nitrogens is 2. The summed E-state index contributed by atoms with van der Waals surface area (Å²) in [5.41, 5.74) is -1.70. The summed E-state index contributed by atoms with van der Waals surface area (Å²) in [4.78, 5) is 16.6. The zero-order valence-corrected chi connectivity index (χ0v) is 21.8. The van der Waals surface area contributed by atoms with Gasteiger partial charge >= 0.3 is 6.18 Å². The quantitative estimate of drug-likeness (QED) is 0.344. The normalized spacial score (nSPS) is 13.9. The summed E-state index contributed by atoms with van der Waals surface area (Å²) >= 11 is 1.26. The summed E-state index contributed by atoms with van der Waals surface area (Å²) in [5.74, 6) is -0.946. The van der Waals surface area contributed by atoms with Crippen molar-refractivity contribution >= 4 is 36.6 Å². The van der Waals surface area contributed by atoms with Gasteiger partial charge in [-0.1, -0.05) is 12.1 Å². The summed E-state index contributed by atoms with van der Waals surface area (Å²) in [7, 11) is 1.62. The number of halogens is 4. The Hall–Kier alpha value is -3.01. The molecule has 0 aliphatic carbocycles. The van der Waals surface area contributed by atoms with Gasteiger partial charge < -0.3 is 9.47 Å². The molecule has 0 N–H and O–H groups in total. The van der Waals surface area contributed by atoms with Crippen molar-refractivity contribution in [1.29, 1.82) is 5.26 Å². The molecule has 0 fully saturated rings. The largest absolute Gasteiger partial charge is 0.435 e. The minimum atomic E-state index is -4.79. The molecule has 0 spiro atoms. The second-order valence-corrected chi connectivity index (χ2v) is 12.2. The lowest BCUT2D eigenvalue weighted by Crippen LogP contribution is -2.54. The third-order valence-corrected chi connectivity index (χ3v) is 9.97. The number of aryl methyl sites for hydroxylation is 1. The van der Waals surface area contributed by atoms with E-state index in [9.17, 15) is 23.2 Å². The van der Waals surface area contributed by atoms with Gasteiger partial charge in [0, 0.05) is 41.7 Å². The highest BCUT2D eigenvalue weighted by molar-refractivity contribution is 7.15. The van der Waals surface area contributed by atoms with Crippen molar-refractivity contribution in [3.05, 3.63) is 51.7 Å². The number of alkyl halides is 3. The van der Waals surface area contributed by atoms with Gasteiger partial charge in [0.1, 0.15) is 16.8 Å². The molecule has 0 atom stereocenters. The molecule has 6 nitrogen and oxygen atoms in total. The first-order valence-corrected chi connectivity index (χ1v) is 13.6. The Morgan fingerprint density at radius 1 is 1.31 bits per heavy atom. The van der Waals surface area contributed by atoms with Crippen molar-refractivity contribution in [3.63, 3.8) is 0 Å². The van der Waals surface area contributed by atoms with Crippen LogP contribution in [0.15, 0.2) is 30.5 Å². The fourth-order valence-electron chi connectivity index (χ4n) is 4.33. The Balaban J connectivity index is 1.87. The van der Waals surface area contributed by atoms with E-state index in [0.717, 1.165) is 20.8 Å². The Morgan fingerprint density at radius 3 is 2.69 bits per heavy atom. The van der Waals surface area contributed by atoms with Crippen LogP contribution in [0, 0.1) is 17.1 Å². The lowest BCUT2D eigenvalue weighted by Gasteiger charge is -2.26. The molecule has 0 saturated heterocycles. The van der Waals surface area contributed by atoms with E-state index in [1.807, 2.05) is 19.0 Å². The molecule has 36 heavy (non-hydrogen) atoms. The van der Waals surface area contributed by atoms with Crippen molar-refractivity contribution < 1.29 is 22.4 Å². The van der Waals surface area contributed by atoms with E-state index in [4.69, 9.17) is 0 Å². The first-order chi connectivity index (χ1) is 17.0. The second kappa shape index (κ2) is 10.2. The molecule has 2 aromatic heterocycles. The van der Waals surface area contributed by atoms with E-state index in [-0.39, 0.29) is 36.5 Å². The van der Waals surface area contributed by atoms with Crippen molar-refractivity contribution in [3.8, 4) is 17.2 Å². The van der Waals surface area contributed by atoms with Gasteiger partial charge in [-0.05, 0) is 56.5 Å². The number of hydrogen-bond acceptors (Lipinski definition) is 5. The van der Waals surface area contributed by atoms with Gasteiger partial charge in [0.2, 0.25) is 14.9 Å². The Kier molecular flexibility index (Phi) is 7.35. The first-order valence-electron chi connectivity index (χ1n) is 11.3. The van der Waals surface area contributed by atoms with Crippen molar-refractivity contribution in [2.45, 2.75) is 39.0 Å². The number of thiophene rings is 1. The molecular formula is C24H24F4N5OSSi. The average molecular weight is 535 g/mol. The molecule has 1 radical (unpaired) electrons. The van der Waals surface area contributed by atoms with Crippen LogP contribution < -0.4 is 10.4 Å². The number of benzene rings is 1. The number of amides is 1. The molecule has 1 aromatic carbocycles. The Labute approximate surface area is 212 Å². The second-order valence-electron chi connectivity index (χ2n) is 8.70. The standard InChI is InChI=1S/C24H24F4N5OSSi/c1-4-32-13-16(23(30-32)24(26,27)28)22-17(25)7-5-8-19(22)36-20-11-15(12-29)35-18(20)14-33(36)21(34)9-6-10-31(2)3/h5,7-8,11,13H,4,6,9-10,14H2,1-3H3. The maximum atomic E-state index is 15.4. The highest BCUT2D eigenvalue weighted by atomic mass is 32.1. The molecule has 4 rings (SSSR count). The highest BCUT2D eigenvalue weighted by Crippen LogP contribution is 2.37. The van der Waals surface area contributed by atoms with Crippen LogP contribution in [0.2, 0.25) is 0 Å². The van der Waals surface area contributed by atoms with Gasteiger partial charge in [-0.25, -0.2) is 4.39 Å². The summed E-state index contributed by atoms with van der Waals surface area (Å²) in [5, 5.41) is 14.2. The fraction of sp³-hybridized carbons (Fsp3) is 0.375. The van der Waals surface area contributed by atoms with E-state index in [1.165, 1.54) is 23.6 Å². The molecular weight excluding hydrogens is 510 g/mol. The monoisotopic (exact) mass is 534 g/mol. The molecule has 12 heteroatoms. The molecule has 0 bridgehead atoms. The van der Waals surface area contributed by atoms with Crippen LogP contribution in [0.4, 0.5) is 17.6 Å². The van der Waals surface area contributed by atoms with Crippen LogP contribution in [0.1, 0.15) is 35.2 Å². The number of nitrogens with zero attached hydrogens (tertiary/aromatic N) is 5. The van der Waals surface area contributed by atoms with Gasteiger partial charge in [0.25, 0.3) is 0 Å². The number of rotatable bonds is 7. The summed E-state index contributed by atoms with van der Waals surface area (Å²) < 4.78 is 60.0. The molecule has 1 aliphatic rings. The van der Waals surface area contributed by atoms with Crippen LogP contribution in [-0.4, -0.2) is 54.8 Å². The van der Waals surface area contributed by atoms with Gasteiger partial charge in [-0.3, -0.25) is 9.48 Å². The van der Waals surface area contributed by atoms with E-state index in [0.29, 0.717) is 23.0 Å². The molecule has 0 saturated carbocycles. The minimum Gasteiger partial charge on any atom is -0.356 e. The molecule has 3 heterocycles. The van der Waals surface area contributed by atoms with E-state index < -0.39 is 26.6 Å². The fourth-order valence-corrected chi connectivity index (χ4v) is 8.76. The van der Waals surface area contributed by atoms with Crippen molar-refractivity contribution in [1.82, 2.24) is 19.2 Å². The molecule has 3 aromatic rings. The molecule has 0 unspecified atom stereocenters. The van der Waals surface area contributed by atoms with Crippen molar-refractivity contribution in [2.24, 2.45) is 0 Å². The van der Waals surface area contributed by atoms with Crippen LogP contribution in [0.5, 0.6) is 0 Å². The predicted octanol–water partition coefficient (Wildman–Crippen LogP) is 3.45. The van der Waals surface area contributed by atoms with Crippen LogP contribution in [-0.2, 0) is 24.1 Å². The third kappa shape index (κ3) is 4.96. The summed E-state index contributed by atoms with van der Waals surface area (Å²) in [6.07, 6.45) is -2.70. The predicted molar refractivity (Wildman–Crippen MR) is 131 cm³/mol. The number of hydrogen-bond donors (Lipinski definition) is 0. The van der Waals surface area contributed by atoms with Gasteiger partial charge in [-0.15, -0.1) is 11.3 Å². The third-order valence-electron chi connectivity index (χ3n) is 5.94. The minimum absolute atomic E-state index is 0.136. The Morgan fingerprint density at radius 2 is 2.06 bits per heavy atom. The Bertz CT molecular complexity index is 1330.